The van der Waals surface area contributed by atoms with Crippen molar-refractivity contribution in [3.63, 3.8) is 0 Å². The maximum Gasteiger partial charge on any atom is 0.224 e. The molecule has 1 aromatic rings. The molecule has 0 aliphatic carbocycles. The van der Waals surface area contributed by atoms with Gasteiger partial charge in [0.2, 0.25) is 5.91 Å². The van der Waals surface area contributed by atoms with Crippen LogP contribution >= 0.6 is 0 Å². The van der Waals surface area contributed by atoms with Crippen LogP contribution in [0.15, 0.2) is 18.2 Å². The van der Waals surface area contributed by atoms with Crippen molar-refractivity contribution in [3.05, 3.63) is 29.3 Å². The van der Waals surface area contributed by atoms with Crippen molar-refractivity contribution < 1.29 is 4.79 Å². The summed E-state index contributed by atoms with van der Waals surface area (Å²) in [4.78, 5) is 11.4. The minimum Gasteiger partial charge on any atom is -0.330 e. The Balaban J connectivity index is 1.85. The number of hydrazine groups is 1. The summed E-state index contributed by atoms with van der Waals surface area (Å²) in [5.74, 6) is 0.608. The van der Waals surface area contributed by atoms with Gasteiger partial charge in [0.05, 0.1) is 6.04 Å². The second-order valence-corrected chi connectivity index (χ2v) is 5.76. The van der Waals surface area contributed by atoms with Crippen LogP contribution in [-0.2, 0) is 11.2 Å². The summed E-state index contributed by atoms with van der Waals surface area (Å²) in [6.07, 6.45) is 2.40. The molecule has 1 aromatic carbocycles. The molecule has 0 spiro atoms. The average molecular weight is 274 g/mol. The molecule has 108 valence electrons. The SMILES string of the molecule is CC1NNC(c2ccc3c(c2)CCC(=O)N3)C1CCN. The van der Waals surface area contributed by atoms with Crippen LogP contribution in [0.5, 0.6) is 0 Å². The molecule has 5 nitrogen and oxygen atoms in total. The molecule has 2 heterocycles. The van der Waals surface area contributed by atoms with Gasteiger partial charge in [-0.3, -0.25) is 10.2 Å². The Morgan fingerprint density at radius 1 is 1.30 bits per heavy atom. The maximum atomic E-state index is 11.4. The smallest absolute Gasteiger partial charge is 0.224 e. The molecule has 0 aromatic heterocycles. The monoisotopic (exact) mass is 274 g/mol. The van der Waals surface area contributed by atoms with Gasteiger partial charge in [-0.15, -0.1) is 0 Å². The molecule has 1 fully saturated rings. The first kappa shape index (κ1) is 13.5. The molecule has 0 radical (unpaired) electrons. The predicted molar refractivity (Wildman–Crippen MR) is 79.0 cm³/mol. The summed E-state index contributed by atoms with van der Waals surface area (Å²) in [6, 6.07) is 7.04. The summed E-state index contributed by atoms with van der Waals surface area (Å²) in [6.45, 7) is 2.89. The summed E-state index contributed by atoms with van der Waals surface area (Å²) in [5, 5.41) is 2.93. The molecule has 0 bridgehead atoms. The van der Waals surface area contributed by atoms with Gasteiger partial charge in [-0.2, -0.15) is 0 Å². The third-order valence-corrected chi connectivity index (χ3v) is 4.42. The molecule has 20 heavy (non-hydrogen) atoms. The lowest BCUT2D eigenvalue weighted by Gasteiger charge is -2.23. The Morgan fingerprint density at radius 2 is 2.15 bits per heavy atom. The van der Waals surface area contributed by atoms with Crippen LogP contribution < -0.4 is 21.9 Å². The van der Waals surface area contributed by atoms with Crippen molar-refractivity contribution in [1.29, 1.82) is 0 Å². The molecule has 5 heteroatoms. The van der Waals surface area contributed by atoms with Crippen LogP contribution in [0.3, 0.4) is 0 Å². The summed E-state index contributed by atoms with van der Waals surface area (Å²) in [7, 11) is 0. The second-order valence-electron chi connectivity index (χ2n) is 5.76. The van der Waals surface area contributed by atoms with Crippen molar-refractivity contribution in [2.45, 2.75) is 38.3 Å². The minimum atomic E-state index is 0.112. The van der Waals surface area contributed by atoms with E-state index < -0.39 is 0 Å². The van der Waals surface area contributed by atoms with Crippen LogP contribution in [0.2, 0.25) is 0 Å². The number of carbonyl (C=O) groups is 1. The van der Waals surface area contributed by atoms with E-state index >= 15 is 0 Å². The molecule has 0 saturated carbocycles. The van der Waals surface area contributed by atoms with Gasteiger partial charge in [0.25, 0.3) is 0 Å². The summed E-state index contributed by atoms with van der Waals surface area (Å²) < 4.78 is 0. The fourth-order valence-electron chi connectivity index (χ4n) is 3.26. The van der Waals surface area contributed by atoms with Gasteiger partial charge in [0, 0.05) is 18.2 Å². The lowest BCUT2D eigenvalue weighted by Crippen LogP contribution is -2.29. The Bertz CT molecular complexity index is 517. The summed E-state index contributed by atoms with van der Waals surface area (Å²) >= 11 is 0. The van der Waals surface area contributed by atoms with Crippen molar-refractivity contribution in [1.82, 2.24) is 10.9 Å². The fraction of sp³-hybridized carbons (Fsp3) is 0.533. The number of nitrogens with two attached hydrogens (primary N) is 1. The molecule has 3 atom stereocenters. The third kappa shape index (κ3) is 2.44. The molecule has 5 N–H and O–H groups in total. The highest BCUT2D eigenvalue weighted by Crippen LogP contribution is 2.33. The summed E-state index contributed by atoms with van der Waals surface area (Å²) in [5.41, 5.74) is 15.9. The van der Waals surface area contributed by atoms with Gasteiger partial charge < -0.3 is 11.1 Å². The molecular formula is C15H22N4O. The predicted octanol–water partition coefficient (Wildman–Crippen LogP) is 1.07. The number of fused-ring (bicyclic) bond motifs is 1. The molecule has 1 saturated heterocycles. The van der Waals surface area contributed by atoms with Crippen LogP contribution in [0.1, 0.15) is 36.9 Å². The highest BCUT2D eigenvalue weighted by Gasteiger charge is 2.33. The molecule has 3 unspecified atom stereocenters. The second kappa shape index (κ2) is 5.52. The number of aryl methyl sites for hydroxylation is 1. The third-order valence-electron chi connectivity index (χ3n) is 4.42. The zero-order chi connectivity index (χ0) is 14.1. The highest BCUT2D eigenvalue weighted by molar-refractivity contribution is 5.93. The number of hydrogen-bond acceptors (Lipinski definition) is 4. The number of nitrogens with one attached hydrogen (secondary N) is 3. The van der Waals surface area contributed by atoms with Crippen LogP contribution in [0, 0.1) is 5.92 Å². The average Bonchev–Trinajstić information content (AvgIpc) is 2.80. The van der Waals surface area contributed by atoms with Crippen LogP contribution in [0.25, 0.3) is 0 Å². The van der Waals surface area contributed by atoms with E-state index in [1.165, 1.54) is 11.1 Å². The van der Waals surface area contributed by atoms with E-state index in [2.05, 4.69) is 35.2 Å². The Morgan fingerprint density at radius 3 is 2.95 bits per heavy atom. The van der Waals surface area contributed by atoms with E-state index in [4.69, 9.17) is 5.73 Å². The van der Waals surface area contributed by atoms with Gasteiger partial charge >= 0.3 is 0 Å². The number of anilines is 1. The van der Waals surface area contributed by atoms with E-state index in [0.29, 0.717) is 24.9 Å². The van der Waals surface area contributed by atoms with Crippen molar-refractivity contribution in [2.75, 3.05) is 11.9 Å². The first-order valence-corrected chi connectivity index (χ1v) is 7.33. The molecule has 2 aliphatic heterocycles. The lowest BCUT2D eigenvalue weighted by molar-refractivity contribution is -0.116. The maximum absolute atomic E-state index is 11.4. The molecule has 3 rings (SSSR count). The first-order valence-electron chi connectivity index (χ1n) is 7.33. The lowest BCUT2D eigenvalue weighted by atomic mass is 9.86. The Hall–Kier alpha value is -1.43. The minimum absolute atomic E-state index is 0.112. The van der Waals surface area contributed by atoms with E-state index in [9.17, 15) is 4.79 Å². The van der Waals surface area contributed by atoms with E-state index in [1.54, 1.807) is 0 Å². The van der Waals surface area contributed by atoms with Crippen molar-refractivity contribution in [3.8, 4) is 0 Å². The van der Waals surface area contributed by atoms with Gasteiger partial charge in [-0.25, -0.2) is 5.43 Å². The van der Waals surface area contributed by atoms with Gasteiger partial charge in [-0.1, -0.05) is 12.1 Å². The van der Waals surface area contributed by atoms with Gasteiger partial charge in [0.15, 0.2) is 0 Å². The van der Waals surface area contributed by atoms with Gasteiger partial charge in [0.1, 0.15) is 0 Å². The fourth-order valence-corrected chi connectivity index (χ4v) is 3.26. The number of amides is 1. The Kier molecular flexibility index (Phi) is 3.74. The topological polar surface area (TPSA) is 79.2 Å². The van der Waals surface area contributed by atoms with E-state index in [-0.39, 0.29) is 11.9 Å². The highest BCUT2D eigenvalue weighted by atomic mass is 16.1. The number of rotatable bonds is 3. The van der Waals surface area contributed by atoms with Crippen molar-refractivity contribution in [2.24, 2.45) is 11.7 Å². The zero-order valence-corrected chi connectivity index (χ0v) is 11.8. The quantitative estimate of drug-likeness (QED) is 0.665. The number of hydrogen-bond donors (Lipinski definition) is 4. The van der Waals surface area contributed by atoms with Crippen molar-refractivity contribution >= 4 is 11.6 Å². The number of benzene rings is 1. The molecule has 2 aliphatic rings. The van der Waals surface area contributed by atoms with E-state index in [0.717, 1.165) is 18.5 Å². The number of carbonyl (C=O) groups excluding carboxylic acids is 1. The normalized spacial score (nSPS) is 29.1. The molecular weight excluding hydrogens is 252 g/mol. The Labute approximate surface area is 119 Å². The van der Waals surface area contributed by atoms with Crippen LogP contribution in [0.4, 0.5) is 5.69 Å². The standard InChI is InChI=1S/C15H22N4O/c1-9-12(6-7-16)15(19-18-9)11-2-4-13-10(8-11)3-5-14(20)17-13/h2,4,8-9,12,15,18-19H,3,5-7,16H2,1H3,(H,17,20). The van der Waals surface area contributed by atoms with Gasteiger partial charge in [-0.05, 0) is 49.4 Å². The largest absolute Gasteiger partial charge is 0.330 e. The van der Waals surface area contributed by atoms with Crippen LogP contribution in [-0.4, -0.2) is 18.5 Å². The molecule has 1 amide bonds. The first-order chi connectivity index (χ1) is 9.69. The van der Waals surface area contributed by atoms with E-state index in [1.807, 2.05) is 6.07 Å². The zero-order valence-electron chi connectivity index (χ0n) is 11.8.